The summed E-state index contributed by atoms with van der Waals surface area (Å²) in [6.45, 7) is 4.24. The van der Waals surface area contributed by atoms with Gasteiger partial charge >= 0.3 is 0 Å². The third-order valence-corrected chi connectivity index (χ3v) is 5.07. The van der Waals surface area contributed by atoms with E-state index in [2.05, 4.69) is 21.8 Å². The molecule has 1 amide bonds. The second-order valence-corrected chi connectivity index (χ2v) is 7.20. The average Bonchev–Trinajstić information content (AvgIpc) is 2.82. The van der Waals surface area contributed by atoms with Crippen molar-refractivity contribution < 1.29 is 9.52 Å². The van der Waals surface area contributed by atoms with Crippen molar-refractivity contribution in [3.63, 3.8) is 0 Å². The molecule has 0 atom stereocenters. The predicted octanol–water partition coefficient (Wildman–Crippen LogP) is 3.22. The number of fused-ring (bicyclic) bond motifs is 2. The number of hydrogen-bond acceptors (Lipinski definition) is 5. The fourth-order valence-electron chi connectivity index (χ4n) is 3.29. The highest BCUT2D eigenvalue weighted by Gasteiger charge is 2.30. The van der Waals surface area contributed by atoms with Crippen molar-refractivity contribution in [2.45, 2.75) is 13.8 Å². The van der Waals surface area contributed by atoms with Crippen molar-refractivity contribution in [1.29, 1.82) is 0 Å². The van der Waals surface area contributed by atoms with E-state index in [0.29, 0.717) is 51.4 Å². The van der Waals surface area contributed by atoms with Crippen molar-refractivity contribution in [3.05, 3.63) is 75.5 Å². The summed E-state index contributed by atoms with van der Waals surface area (Å²) in [4.78, 5) is 25.5. The Balaban J connectivity index is 1.80. The molecule has 3 aromatic rings. The Labute approximate surface area is 179 Å². The molecule has 0 saturated heterocycles. The molecule has 0 aliphatic carbocycles. The molecule has 1 aliphatic heterocycles. The number of halogens is 1. The van der Waals surface area contributed by atoms with Gasteiger partial charge in [-0.25, -0.2) is 9.97 Å². The van der Waals surface area contributed by atoms with Gasteiger partial charge in [0, 0.05) is 50.0 Å². The third-order valence-electron chi connectivity index (χ3n) is 4.86. The largest absolute Gasteiger partial charge is 0.619 e. The molecular weight excluding hydrogens is 402 g/mol. The van der Waals surface area contributed by atoms with Crippen molar-refractivity contribution in [1.82, 2.24) is 9.97 Å². The molecule has 0 radical (unpaired) electrons. The quantitative estimate of drug-likeness (QED) is 0.262. The lowest BCUT2D eigenvalue weighted by atomic mass is 10.1. The van der Waals surface area contributed by atoms with E-state index in [4.69, 9.17) is 11.6 Å². The summed E-state index contributed by atoms with van der Waals surface area (Å²) >= 11 is 6.11. The van der Waals surface area contributed by atoms with E-state index >= 15 is 0 Å². The highest BCUT2D eigenvalue weighted by atomic mass is 35.5. The summed E-state index contributed by atoms with van der Waals surface area (Å²) in [6, 6.07) is 8.52. The average molecular weight is 420 g/mol. The van der Waals surface area contributed by atoms with E-state index in [0.717, 1.165) is 4.73 Å². The van der Waals surface area contributed by atoms with Crippen LogP contribution in [0.4, 0.5) is 17.3 Å². The number of pyridine rings is 3. The van der Waals surface area contributed by atoms with Gasteiger partial charge in [0.25, 0.3) is 5.91 Å². The molecule has 0 N–H and O–H groups in total. The van der Waals surface area contributed by atoms with E-state index in [1.165, 1.54) is 6.20 Å². The molecule has 0 saturated carbocycles. The van der Waals surface area contributed by atoms with Crippen LogP contribution in [-0.2, 0) is 0 Å². The molecule has 0 spiro atoms. The van der Waals surface area contributed by atoms with Gasteiger partial charge in [-0.15, -0.1) is 0 Å². The van der Waals surface area contributed by atoms with Crippen LogP contribution in [0.15, 0.2) is 42.7 Å². The number of nitrogens with zero attached hydrogens (tertiary/aromatic N) is 5. The SMILES string of the molecule is CCN1c2ncc(C#Cc3cc[n+]([O-])c(C)c3)cc2C(=O)N(C)c2ccc(Cl)nc21. The molecule has 8 heteroatoms. The van der Waals surface area contributed by atoms with Gasteiger partial charge in [0.05, 0.1) is 11.3 Å². The number of carbonyl (C=O) groups is 1. The summed E-state index contributed by atoms with van der Waals surface area (Å²) in [5.41, 5.74) is 2.95. The van der Waals surface area contributed by atoms with Crippen LogP contribution in [0.3, 0.4) is 0 Å². The number of rotatable bonds is 1. The highest BCUT2D eigenvalue weighted by molar-refractivity contribution is 6.29. The zero-order valence-corrected chi connectivity index (χ0v) is 17.4. The maximum atomic E-state index is 13.2. The minimum Gasteiger partial charge on any atom is -0.619 e. The molecule has 0 bridgehead atoms. The first-order valence-electron chi connectivity index (χ1n) is 9.33. The molecule has 0 fully saturated rings. The van der Waals surface area contributed by atoms with Crippen molar-refractivity contribution in [3.8, 4) is 11.8 Å². The number of aryl methyl sites for hydroxylation is 1. The smallest absolute Gasteiger partial charge is 0.261 e. The predicted molar refractivity (Wildman–Crippen MR) is 115 cm³/mol. The number of carbonyl (C=O) groups excluding carboxylic acids is 1. The van der Waals surface area contributed by atoms with Gasteiger partial charge in [-0.2, -0.15) is 4.73 Å². The Morgan fingerprint density at radius 2 is 1.93 bits per heavy atom. The van der Waals surface area contributed by atoms with Crippen molar-refractivity contribution >= 4 is 34.8 Å². The van der Waals surface area contributed by atoms with Crippen molar-refractivity contribution in [2.75, 3.05) is 23.4 Å². The van der Waals surface area contributed by atoms with Crippen LogP contribution < -0.4 is 14.5 Å². The molecular formula is C22H18ClN5O2. The summed E-state index contributed by atoms with van der Waals surface area (Å²) < 4.78 is 0.779. The van der Waals surface area contributed by atoms with E-state index in [-0.39, 0.29) is 5.91 Å². The number of aromatic nitrogens is 3. The zero-order chi connectivity index (χ0) is 21.4. The molecule has 30 heavy (non-hydrogen) atoms. The zero-order valence-electron chi connectivity index (χ0n) is 16.7. The van der Waals surface area contributed by atoms with Crippen molar-refractivity contribution in [2.24, 2.45) is 0 Å². The summed E-state index contributed by atoms with van der Waals surface area (Å²) in [6.07, 6.45) is 3.04. The Bertz CT molecular complexity index is 1230. The summed E-state index contributed by atoms with van der Waals surface area (Å²) in [5, 5.41) is 11.8. The standard InChI is InChI=1S/C22H18ClN5O2/c1-4-27-20-17(22(29)26(3)18-7-8-19(23)25-21(18)27)12-16(13-24-20)6-5-15-9-10-28(30)14(2)11-15/h7-13H,4H2,1-3H3. The van der Waals surface area contributed by atoms with Crippen LogP contribution in [0, 0.1) is 24.0 Å². The summed E-state index contributed by atoms with van der Waals surface area (Å²) in [5.74, 6) is 6.93. The Kier molecular flexibility index (Phi) is 5.02. The number of amides is 1. The Morgan fingerprint density at radius 1 is 1.17 bits per heavy atom. The van der Waals surface area contributed by atoms with Gasteiger partial charge in [-0.1, -0.05) is 23.4 Å². The van der Waals surface area contributed by atoms with Crippen LogP contribution in [0.5, 0.6) is 0 Å². The maximum Gasteiger partial charge on any atom is 0.261 e. The molecule has 150 valence electrons. The second kappa shape index (κ2) is 7.65. The van der Waals surface area contributed by atoms with Gasteiger partial charge in [0.1, 0.15) is 11.0 Å². The maximum absolute atomic E-state index is 13.2. The molecule has 0 aromatic carbocycles. The van der Waals surface area contributed by atoms with Crippen LogP contribution in [0.2, 0.25) is 5.15 Å². The molecule has 4 rings (SSSR count). The third kappa shape index (κ3) is 3.42. The lowest BCUT2D eigenvalue weighted by molar-refractivity contribution is -0.612. The molecule has 0 unspecified atom stereocenters. The van der Waals surface area contributed by atoms with E-state index in [1.54, 1.807) is 55.4 Å². The topological polar surface area (TPSA) is 76.3 Å². The first-order chi connectivity index (χ1) is 14.4. The minimum atomic E-state index is -0.203. The fraction of sp³-hybridized carbons (Fsp3) is 0.182. The van der Waals surface area contributed by atoms with E-state index in [9.17, 15) is 10.0 Å². The molecule has 4 heterocycles. The van der Waals surface area contributed by atoms with Crippen LogP contribution in [0.25, 0.3) is 0 Å². The monoisotopic (exact) mass is 419 g/mol. The fourth-order valence-corrected chi connectivity index (χ4v) is 3.43. The Morgan fingerprint density at radius 3 is 2.67 bits per heavy atom. The lowest BCUT2D eigenvalue weighted by Crippen LogP contribution is -2.28. The van der Waals surface area contributed by atoms with Gasteiger partial charge in [-0.3, -0.25) is 4.79 Å². The van der Waals surface area contributed by atoms with Gasteiger partial charge < -0.3 is 15.0 Å². The van der Waals surface area contributed by atoms with E-state index in [1.807, 2.05) is 11.8 Å². The molecule has 3 aromatic heterocycles. The first-order valence-corrected chi connectivity index (χ1v) is 9.71. The molecule has 7 nitrogen and oxygen atoms in total. The van der Waals surface area contributed by atoms with Gasteiger partial charge in [0.15, 0.2) is 17.7 Å². The number of anilines is 3. The van der Waals surface area contributed by atoms with E-state index < -0.39 is 0 Å². The summed E-state index contributed by atoms with van der Waals surface area (Å²) in [7, 11) is 1.70. The second-order valence-electron chi connectivity index (χ2n) is 6.81. The number of hydrogen-bond donors (Lipinski definition) is 0. The van der Waals surface area contributed by atoms with Crippen LogP contribution in [0.1, 0.15) is 34.1 Å². The van der Waals surface area contributed by atoms with Crippen LogP contribution in [-0.4, -0.2) is 29.5 Å². The first kappa shape index (κ1) is 19.7. The van der Waals surface area contributed by atoms with Crippen LogP contribution >= 0.6 is 11.6 Å². The minimum absolute atomic E-state index is 0.203. The Hall–Kier alpha value is -3.63. The normalized spacial score (nSPS) is 12.6. The van der Waals surface area contributed by atoms with Gasteiger partial charge in [-0.05, 0) is 25.1 Å². The van der Waals surface area contributed by atoms with Gasteiger partial charge in [0.2, 0.25) is 0 Å². The lowest BCUT2D eigenvalue weighted by Gasteiger charge is -2.22. The highest BCUT2D eigenvalue weighted by Crippen LogP contribution is 2.38. The molecule has 1 aliphatic rings.